The van der Waals surface area contributed by atoms with Crippen LogP contribution in [0.5, 0.6) is 5.75 Å². The Hall–Kier alpha value is -1.53. The highest BCUT2D eigenvalue weighted by Crippen LogP contribution is 2.29. The Kier molecular flexibility index (Phi) is 3.01. The van der Waals surface area contributed by atoms with Gasteiger partial charge in [0.15, 0.2) is 11.6 Å². The molecule has 0 spiro atoms. The maximum atomic E-state index is 13.0. The van der Waals surface area contributed by atoms with Gasteiger partial charge in [-0.25, -0.2) is 4.39 Å². The molecule has 0 amide bonds. The van der Waals surface area contributed by atoms with Crippen LogP contribution in [0.4, 0.5) is 27.6 Å². The second-order valence-electron chi connectivity index (χ2n) is 2.54. The van der Waals surface area contributed by atoms with Crippen molar-refractivity contribution in [2.24, 2.45) is 0 Å². The molecule has 0 saturated heterocycles. The van der Waals surface area contributed by atoms with Crippen LogP contribution in [-0.2, 0) is 0 Å². The Morgan fingerprint density at radius 1 is 1.13 bits per heavy atom. The maximum absolute atomic E-state index is 13.0. The molecule has 84 valence electrons. The van der Waals surface area contributed by atoms with E-state index in [1.807, 2.05) is 0 Å². The van der Waals surface area contributed by atoms with Gasteiger partial charge in [0.25, 0.3) is 0 Å². The van der Waals surface area contributed by atoms with Crippen LogP contribution >= 0.6 is 0 Å². The summed E-state index contributed by atoms with van der Waals surface area (Å²) in [4.78, 5) is 0. The number of ether oxygens (including phenoxy) is 1. The second-order valence-corrected chi connectivity index (χ2v) is 2.54. The van der Waals surface area contributed by atoms with Crippen molar-refractivity contribution >= 4 is 5.69 Å². The molecule has 0 heterocycles. The van der Waals surface area contributed by atoms with Gasteiger partial charge < -0.3 is 10.1 Å². The van der Waals surface area contributed by atoms with Gasteiger partial charge in [-0.2, -0.15) is 4.39 Å². The molecule has 15 heavy (non-hydrogen) atoms. The maximum Gasteiger partial charge on any atom is 0.573 e. The van der Waals surface area contributed by atoms with Crippen molar-refractivity contribution in [2.75, 3.05) is 12.4 Å². The summed E-state index contributed by atoms with van der Waals surface area (Å²) in [5, 5.41) is 2.27. The van der Waals surface area contributed by atoms with E-state index in [4.69, 9.17) is 0 Å². The molecule has 0 bridgehead atoms. The molecule has 0 radical (unpaired) electrons. The van der Waals surface area contributed by atoms with Gasteiger partial charge in [-0.3, -0.25) is 0 Å². The van der Waals surface area contributed by atoms with E-state index in [0.717, 1.165) is 6.07 Å². The van der Waals surface area contributed by atoms with Crippen molar-refractivity contribution in [3.05, 3.63) is 23.8 Å². The van der Waals surface area contributed by atoms with Gasteiger partial charge in [-0.1, -0.05) is 0 Å². The predicted molar refractivity (Wildman–Crippen MR) is 42.6 cm³/mol. The monoisotopic (exact) mass is 227 g/mol. The van der Waals surface area contributed by atoms with Crippen LogP contribution < -0.4 is 10.1 Å². The third kappa shape index (κ3) is 2.71. The molecule has 0 saturated carbocycles. The van der Waals surface area contributed by atoms with Gasteiger partial charge in [0, 0.05) is 7.05 Å². The number of hydrogen-bond acceptors (Lipinski definition) is 2. The van der Waals surface area contributed by atoms with Crippen LogP contribution in [0.25, 0.3) is 0 Å². The van der Waals surface area contributed by atoms with Crippen molar-refractivity contribution in [3.8, 4) is 5.75 Å². The van der Waals surface area contributed by atoms with E-state index in [0.29, 0.717) is 6.07 Å². The summed E-state index contributed by atoms with van der Waals surface area (Å²) in [5.41, 5.74) is -0.248. The summed E-state index contributed by atoms with van der Waals surface area (Å²) in [7, 11) is 1.31. The highest BCUT2D eigenvalue weighted by molar-refractivity contribution is 5.48. The van der Waals surface area contributed by atoms with E-state index in [9.17, 15) is 22.0 Å². The number of nitrogens with one attached hydrogen (secondary N) is 1. The molecule has 7 heteroatoms. The van der Waals surface area contributed by atoms with E-state index in [-0.39, 0.29) is 5.69 Å². The first-order chi connectivity index (χ1) is 6.85. The second kappa shape index (κ2) is 3.92. The number of rotatable bonds is 2. The number of alkyl halides is 3. The average molecular weight is 227 g/mol. The van der Waals surface area contributed by atoms with E-state index in [1.165, 1.54) is 7.05 Å². The lowest BCUT2D eigenvalue weighted by Crippen LogP contribution is -2.18. The zero-order valence-corrected chi connectivity index (χ0v) is 7.45. The summed E-state index contributed by atoms with van der Waals surface area (Å²) in [6, 6.07) is 1.64. The molecule has 2 nitrogen and oxygen atoms in total. The largest absolute Gasteiger partial charge is 0.573 e. The van der Waals surface area contributed by atoms with Crippen molar-refractivity contribution < 1.29 is 26.7 Å². The van der Waals surface area contributed by atoms with Gasteiger partial charge in [-0.05, 0) is 12.1 Å². The summed E-state index contributed by atoms with van der Waals surface area (Å²) < 4.78 is 64.3. The smallest absolute Gasteiger partial charge is 0.403 e. The van der Waals surface area contributed by atoms with E-state index in [1.54, 1.807) is 0 Å². The minimum Gasteiger partial charge on any atom is -0.403 e. The molecular formula is C8H6F5NO. The molecule has 0 aliphatic heterocycles. The molecule has 0 fully saturated rings. The fraction of sp³-hybridized carbons (Fsp3) is 0.250. The average Bonchev–Trinajstić information content (AvgIpc) is 2.11. The van der Waals surface area contributed by atoms with Gasteiger partial charge in [0.05, 0.1) is 5.69 Å². The molecule has 1 rings (SSSR count). The SMILES string of the molecule is CNc1ccc(OC(F)(F)F)c(F)c1F. The first-order valence-electron chi connectivity index (χ1n) is 3.76. The topological polar surface area (TPSA) is 21.3 Å². The Morgan fingerprint density at radius 2 is 1.73 bits per heavy atom. The normalized spacial score (nSPS) is 11.3. The zero-order chi connectivity index (χ0) is 11.6. The zero-order valence-electron chi connectivity index (χ0n) is 7.45. The van der Waals surface area contributed by atoms with Crippen LogP contribution in [-0.4, -0.2) is 13.4 Å². The lowest BCUT2D eigenvalue weighted by molar-refractivity contribution is -0.275. The third-order valence-corrected chi connectivity index (χ3v) is 1.54. The van der Waals surface area contributed by atoms with Crippen LogP contribution in [0.3, 0.4) is 0 Å². The fourth-order valence-corrected chi connectivity index (χ4v) is 0.928. The van der Waals surface area contributed by atoms with Crippen molar-refractivity contribution in [1.29, 1.82) is 0 Å². The number of hydrogen-bond donors (Lipinski definition) is 1. The summed E-state index contributed by atoms with van der Waals surface area (Å²) in [5.74, 6) is -4.29. The summed E-state index contributed by atoms with van der Waals surface area (Å²) in [6.07, 6.45) is -5.05. The Labute approximate surface area is 81.7 Å². The molecule has 1 N–H and O–H groups in total. The number of anilines is 1. The van der Waals surface area contributed by atoms with Crippen molar-refractivity contribution in [2.45, 2.75) is 6.36 Å². The molecule has 0 aliphatic rings. The standard InChI is InChI=1S/C8H6F5NO/c1-14-4-2-3-5(7(10)6(4)9)15-8(11,12)13/h2-3,14H,1H3. The molecule has 0 atom stereocenters. The number of halogens is 5. The minimum absolute atomic E-state index is 0.248. The molecular weight excluding hydrogens is 221 g/mol. The highest BCUT2D eigenvalue weighted by Gasteiger charge is 2.33. The Balaban J connectivity index is 3.07. The lowest BCUT2D eigenvalue weighted by atomic mass is 10.2. The van der Waals surface area contributed by atoms with Crippen molar-refractivity contribution in [3.63, 3.8) is 0 Å². The highest BCUT2D eigenvalue weighted by atomic mass is 19.4. The molecule has 0 aromatic heterocycles. The van der Waals surface area contributed by atoms with Gasteiger partial charge in [0.1, 0.15) is 0 Å². The first-order valence-corrected chi connectivity index (χ1v) is 3.76. The van der Waals surface area contributed by atoms with E-state index < -0.39 is 23.7 Å². The first kappa shape index (κ1) is 11.5. The molecule has 0 aliphatic carbocycles. The van der Waals surface area contributed by atoms with E-state index >= 15 is 0 Å². The number of benzene rings is 1. The molecule has 1 aromatic carbocycles. The van der Waals surface area contributed by atoms with Gasteiger partial charge in [-0.15, -0.1) is 13.2 Å². The summed E-state index contributed by atoms with van der Waals surface area (Å²) in [6.45, 7) is 0. The van der Waals surface area contributed by atoms with Crippen LogP contribution in [0.1, 0.15) is 0 Å². The van der Waals surface area contributed by atoms with Crippen molar-refractivity contribution in [1.82, 2.24) is 0 Å². The molecule has 1 aromatic rings. The van der Waals surface area contributed by atoms with Crippen LogP contribution in [0, 0.1) is 11.6 Å². The van der Waals surface area contributed by atoms with E-state index in [2.05, 4.69) is 10.1 Å². The third-order valence-electron chi connectivity index (χ3n) is 1.54. The van der Waals surface area contributed by atoms with Crippen LogP contribution in [0.15, 0.2) is 12.1 Å². The Morgan fingerprint density at radius 3 is 2.20 bits per heavy atom. The van der Waals surface area contributed by atoms with Gasteiger partial charge in [0.2, 0.25) is 5.82 Å². The van der Waals surface area contributed by atoms with Crippen LogP contribution in [0.2, 0.25) is 0 Å². The fourth-order valence-electron chi connectivity index (χ4n) is 0.928. The quantitative estimate of drug-likeness (QED) is 0.784. The minimum atomic E-state index is -5.05. The summed E-state index contributed by atoms with van der Waals surface area (Å²) >= 11 is 0. The molecule has 0 unspecified atom stereocenters. The Bertz CT molecular complexity index is 363. The predicted octanol–water partition coefficient (Wildman–Crippen LogP) is 2.91. The lowest BCUT2D eigenvalue weighted by Gasteiger charge is -2.11. The van der Waals surface area contributed by atoms with Gasteiger partial charge >= 0.3 is 6.36 Å².